The van der Waals surface area contributed by atoms with E-state index in [9.17, 15) is 14.7 Å². The molecule has 0 radical (unpaired) electrons. The minimum absolute atomic E-state index is 0.185. The SMILES string of the molecule is CCCCc1nc2ccc(NC(=O)OCc3ccccc3)cc2n1-c1ccc(-c2ccccc2C(=O)O)c(C)c1. The van der Waals surface area contributed by atoms with Crippen LogP contribution in [0.1, 0.15) is 47.1 Å². The van der Waals surface area contributed by atoms with Gasteiger partial charge in [-0.1, -0.05) is 67.9 Å². The van der Waals surface area contributed by atoms with Gasteiger partial charge >= 0.3 is 12.1 Å². The Hall–Kier alpha value is -4.91. The van der Waals surface area contributed by atoms with Crippen molar-refractivity contribution in [3.05, 3.63) is 114 Å². The van der Waals surface area contributed by atoms with Crippen molar-refractivity contribution < 1.29 is 19.4 Å². The van der Waals surface area contributed by atoms with Gasteiger partial charge in [0.2, 0.25) is 0 Å². The van der Waals surface area contributed by atoms with E-state index in [4.69, 9.17) is 9.72 Å². The van der Waals surface area contributed by atoms with Crippen molar-refractivity contribution in [2.45, 2.75) is 39.7 Å². The molecule has 0 fully saturated rings. The number of hydrogen-bond acceptors (Lipinski definition) is 4. The summed E-state index contributed by atoms with van der Waals surface area (Å²) in [4.78, 5) is 29.3. The Labute approximate surface area is 233 Å². The molecule has 1 heterocycles. The van der Waals surface area contributed by atoms with Crippen molar-refractivity contribution in [1.29, 1.82) is 0 Å². The molecule has 40 heavy (non-hydrogen) atoms. The first-order valence-corrected chi connectivity index (χ1v) is 13.4. The van der Waals surface area contributed by atoms with E-state index in [1.165, 1.54) is 0 Å². The number of carboxylic acid groups (broad SMARTS) is 1. The zero-order valence-corrected chi connectivity index (χ0v) is 22.6. The Balaban J connectivity index is 1.49. The first-order valence-electron chi connectivity index (χ1n) is 13.4. The average molecular weight is 534 g/mol. The molecule has 0 spiro atoms. The van der Waals surface area contributed by atoms with Gasteiger partial charge in [-0.05, 0) is 72.0 Å². The summed E-state index contributed by atoms with van der Waals surface area (Å²) in [5, 5.41) is 12.5. The smallest absolute Gasteiger partial charge is 0.411 e. The summed E-state index contributed by atoms with van der Waals surface area (Å²) >= 11 is 0. The van der Waals surface area contributed by atoms with Crippen LogP contribution in [0.25, 0.3) is 27.8 Å². The normalized spacial score (nSPS) is 10.9. The maximum absolute atomic E-state index is 12.5. The number of ether oxygens (including phenoxy) is 1. The highest BCUT2D eigenvalue weighted by molar-refractivity contribution is 5.96. The molecule has 0 aliphatic carbocycles. The van der Waals surface area contributed by atoms with E-state index >= 15 is 0 Å². The van der Waals surface area contributed by atoms with E-state index < -0.39 is 12.1 Å². The minimum atomic E-state index is -0.955. The van der Waals surface area contributed by atoms with Crippen molar-refractivity contribution in [1.82, 2.24) is 9.55 Å². The molecule has 0 saturated carbocycles. The van der Waals surface area contributed by atoms with Gasteiger partial charge in [0.1, 0.15) is 12.4 Å². The van der Waals surface area contributed by atoms with Gasteiger partial charge in [-0.15, -0.1) is 0 Å². The Kier molecular flexibility index (Phi) is 7.92. The van der Waals surface area contributed by atoms with Gasteiger partial charge in [0.05, 0.1) is 16.6 Å². The van der Waals surface area contributed by atoms with Crippen LogP contribution in [0.3, 0.4) is 0 Å². The summed E-state index contributed by atoms with van der Waals surface area (Å²) in [6.45, 7) is 4.32. The number of nitrogens with one attached hydrogen (secondary N) is 1. The van der Waals surface area contributed by atoms with Gasteiger partial charge in [-0.3, -0.25) is 9.88 Å². The van der Waals surface area contributed by atoms with Crippen LogP contribution in [0.5, 0.6) is 0 Å². The molecule has 0 bridgehead atoms. The van der Waals surface area contributed by atoms with Crippen LogP contribution in [0.2, 0.25) is 0 Å². The number of hydrogen-bond donors (Lipinski definition) is 2. The molecule has 1 amide bonds. The number of nitrogens with zero attached hydrogens (tertiary/aromatic N) is 2. The molecule has 0 atom stereocenters. The fraction of sp³-hybridized carbons (Fsp3) is 0.182. The van der Waals surface area contributed by atoms with E-state index in [0.717, 1.165) is 58.5 Å². The molecule has 7 heteroatoms. The number of anilines is 1. The Morgan fingerprint density at radius 3 is 2.45 bits per heavy atom. The molecule has 5 aromatic rings. The number of amides is 1. The fourth-order valence-electron chi connectivity index (χ4n) is 4.86. The molecular formula is C33H31N3O4. The maximum atomic E-state index is 12.5. The summed E-state index contributed by atoms with van der Waals surface area (Å²) in [6, 6.07) is 28.2. The van der Waals surface area contributed by atoms with E-state index in [0.29, 0.717) is 11.3 Å². The van der Waals surface area contributed by atoms with Crippen LogP contribution in [0.15, 0.2) is 91.0 Å². The molecular weight excluding hydrogens is 502 g/mol. The number of benzene rings is 4. The van der Waals surface area contributed by atoms with Crippen LogP contribution in [0, 0.1) is 6.92 Å². The van der Waals surface area contributed by atoms with Crippen molar-refractivity contribution in [3.8, 4) is 16.8 Å². The second-order valence-corrected chi connectivity index (χ2v) is 9.71. The highest BCUT2D eigenvalue weighted by Crippen LogP contribution is 2.31. The van der Waals surface area contributed by atoms with Crippen molar-refractivity contribution in [3.63, 3.8) is 0 Å². The van der Waals surface area contributed by atoms with Gasteiger partial charge in [-0.2, -0.15) is 0 Å². The standard InChI is InChI=1S/C33H31N3O4/c1-3-4-14-31-35-29-18-15-24(34-33(39)40-21-23-10-6-5-7-11-23)20-30(29)36(31)25-16-17-26(22(2)19-25)27-12-8-9-13-28(27)32(37)38/h5-13,15-20H,3-4,14,21H2,1-2H3,(H,34,39)(H,37,38). The highest BCUT2D eigenvalue weighted by atomic mass is 16.5. The zero-order valence-electron chi connectivity index (χ0n) is 22.6. The number of aromatic carboxylic acids is 1. The lowest BCUT2D eigenvalue weighted by atomic mass is 9.95. The van der Waals surface area contributed by atoms with E-state index in [2.05, 4.69) is 22.9 Å². The summed E-state index contributed by atoms with van der Waals surface area (Å²) < 4.78 is 7.52. The largest absolute Gasteiger partial charge is 0.478 e. The van der Waals surface area contributed by atoms with Crippen molar-refractivity contribution in [2.75, 3.05) is 5.32 Å². The molecule has 4 aromatic carbocycles. The third-order valence-corrected chi connectivity index (χ3v) is 6.85. The fourth-order valence-corrected chi connectivity index (χ4v) is 4.86. The van der Waals surface area contributed by atoms with E-state index in [1.54, 1.807) is 12.1 Å². The molecule has 0 aliphatic rings. The van der Waals surface area contributed by atoms with Gasteiger partial charge in [0.25, 0.3) is 0 Å². The third-order valence-electron chi connectivity index (χ3n) is 6.85. The number of fused-ring (bicyclic) bond motifs is 1. The van der Waals surface area contributed by atoms with Crippen LogP contribution in [-0.4, -0.2) is 26.7 Å². The lowest BCUT2D eigenvalue weighted by molar-refractivity contribution is 0.0697. The molecule has 202 valence electrons. The highest BCUT2D eigenvalue weighted by Gasteiger charge is 2.17. The Morgan fingerprint density at radius 2 is 1.70 bits per heavy atom. The number of rotatable bonds is 9. The maximum Gasteiger partial charge on any atom is 0.411 e. The summed E-state index contributed by atoms with van der Waals surface area (Å²) in [6.07, 6.45) is 2.30. The second kappa shape index (κ2) is 11.9. The van der Waals surface area contributed by atoms with Gasteiger partial charge in [0.15, 0.2) is 0 Å². The van der Waals surface area contributed by atoms with Gasteiger partial charge in [0, 0.05) is 17.8 Å². The van der Waals surface area contributed by atoms with Gasteiger partial charge in [-0.25, -0.2) is 14.6 Å². The molecule has 5 rings (SSSR count). The summed E-state index contributed by atoms with van der Waals surface area (Å²) in [7, 11) is 0. The minimum Gasteiger partial charge on any atom is -0.478 e. The molecule has 0 aliphatic heterocycles. The number of unbranched alkanes of at least 4 members (excludes halogenated alkanes) is 1. The number of aryl methyl sites for hydroxylation is 2. The van der Waals surface area contributed by atoms with E-state index in [1.807, 2.05) is 79.7 Å². The van der Waals surface area contributed by atoms with Crippen molar-refractivity contribution >= 4 is 28.8 Å². The number of carbonyl (C=O) groups is 2. The second-order valence-electron chi connectivity index (χ2n) is 9.71. The number of aromatic nitrogens is 2. The Bertz CT molecular complexity index is 1670. The topological polar surface area (TPSA) is 93.5 Å². The van der Waals surface area contributed by atoms with Crippen LogP contribution >= 0.6 is 0 Å². The summed E-state index contributed by atoms with van der Waals surface area (Å²) in [5.41, 5.74) is 6.90. The quantitative estimate of drug-likeness (QED) is 0.202. The predicted octanol–water partition coefficient (Wildman–Crippen LogP) is 7.79. The first-order chi connectivity index (χ1) is 19.4. The van der Waals surface area contributed by atoms with E-state index in [-0.39, 0.29) is 12.2 Å². The zero-order chi connectivity index (χ0) is 28.1. The Morgan fingerprint density at radius 1 is 0.925 bits per heavy atom. The monoisotopic (exact) mass is 533 g/mol. The number of imidazole rings is 1. The lowest BCUT2D eigenvalue weighted by Gasteiger charge is -2.14. The molecule has 7 nitrogen and oxygen atoms in total. The first kappa shape index (κ1) is 26.7. The third kappa shape index (κ3) is 5.73. The van der Waals surface area contributed by atoms with Crippen LogP contribution < -0.4 is 5.32 Å². The number of carboxylic acids is 1. The van der Waals surface area contributed by atoms with Crippen LogP contribution in [0.4, 0.5) is 10.5 Å². The lowest BCUT2D eigenvalue weighted by Crippen LogP contribution is -2.13. The summed E-state index contributed by atoms with van der Waals surface area (Å²) in [5.74, 6) is -0.0254. The number of carbonyl (C=O) groups excluding carboxylic acids is 1. The average Bonchev–Trinajstić information content (AvgIpc) is 3.33. The van der Waals surface area contributed by atoms with Crippen LogP contribution in [-0.2, 0) is 17.8 Å². The molecule has 1 aromatic heterocycles. The molecule has 2 N–H and O–H groups in total. The predicted molar refractivity (Wildman–Crippen MR) is 157 cm³/mol. The van der Waals surface area contributed by atoms with Crippen molar-refractivity contribution in [2.24, 2.45) is 0 Å². The van der Waals surface area contributed by atoms with Gasteiger partial charge < -0.3 is 9.84 Å². The molecule has 0 saturated heterocycles. The molecule has 0 unspecified atom stereocenters.